The molecule has 124 valence electrons. The van der Waals surface area contributed by atoms with Gasteiger partial charge in [0.2, 0.25) is 0 Å². The van der Waals surface area contributed by atoms with E-state index in [0.29, 0.717) is 35.0 Å². The van der Waals surface area contributed by atoms with E-state index in [2.05, 4.69) is 20.3 Å². The molecule has 0 spiro atoms. The van der Waals surface area contributed by atoms with Crippen LogP contribution in [0.1, 0.15) is 11.6 Å². The number of nitrogens with one attached hydrogen (secondary N) is 1. The van der Waals surface area contributed by atoms with Gasteiger partial charge in [0, 0.05) is 32.8 Å². The highest BCUT2D eigenvalue weighted by Gasteiger charge is 2.10. The van der Waals surface area contributed by atoms with Crippen molar-refractivity contribution >= 4 is 16.7 Å². The van der Waals surface area contributed by atoms with E-state index in [4.69, 9.17) is 4.74 Å². The first kappa shape index (κ1) is 16.1. The third kappa shape index (κ3) is 2.85. The average molecular weight is 325 g/mol. The Bertz CT molecular complexity index is 965. The van der Waals surface area contributed by atoms with Crippen LogP contribution in [-0.4, -0.2) is 33.7 Å². The first-order valence-corrected chi connectivity index (χ1v) is 7.56. The number of rotatable bonds is 4. The van der Waals surface area contributed by atoms with E-state index in [1.807, 2.05) is 31.2 Å². The maximum atomic E-state index is 12.5. The number of hydrogen-bond acceptors (Lipinski definition) is 6. The van der Waals surface area contributed by atoms with Crippen molar-refractivity contribution in [1.29, 1.82) is 0 Å². The van der Waals surface area contributed by atoms with Gasteiger partial charge in [-0.2, -0.15) is 0 Å². The summed E-state index contributed by atoms with van der Waals surface area (Å²) in [5.41, 5.74) is 2.17. The van der Waals surface area contributed by atoms with Gasteiger partial charge in [0.25, 0.3) is 5.56 Å². The molecule has 0 saturated carbocycles. The Balaban J connectivity index is 2.19. The number of anilines is 1. The Hall–Kier alpha value is -2.80. The lowest BCUT2D eigenvalue weighted by atomic mass is 10.1. The molecule has 0 aliphatic carbocycles. The van der Waals surface area contributed by atoms with Crippen molar-refractivity contribution in [1.82, 2.24) is 19.5 Å². The molecule has 0 atom stereocenters. The number of fused-ring (bicyclic) bond motifs is 1. The minimum absolute atomic E-state index is 0.0700. The molecule has 0 amide bonds. The fraction of sp³-hybridized carbons (Fsp3) is 0.294. The fourth-order valence-corrected chi connectivity index (χ4v) is 2.51. The van der Waals surface area contributed by atoms with Gasteiger partial charge in [-0.05, 0) is 19.1 Å². The summed E-state index contributed by atoms with van der Waals surface area (Å²) >= 11 is 0. The Morgan fingerprint density at radius 1 is 1.21 bits per heavy atom. The van der Waals surface area contributed by atoms with Gasteiger partial charge in [0.1, 0.15) is 18.2 Å². The van der Waals surface area contributed by atoms with Crippen LogP contribution in [0.2, 0.25) is 0 Å². The van der Waals surface area contributed by atoms with Crippen LogP contribution in [-0.2, 0) is 18.4 Å². The van der Waals surface area contributed by atoms with Crippen molar-refractivity contribution in [2.45, 2.75) is 13.5 Å². The number of methoxy groups -OCH3 is 1. The first-order valence-electron chi connectivity index (χ1n) is 7.56. The predicted octanol–water partition coefficient (Wildman–Crippen LogP) is 1.89. The summed E-state index contributed by atoms with van der Waals surface area (Å²) in [5, 5.41) is 3.58. The Labute approximate surface area is 139 Å². The van der Waals surface area contributed by atoms with Crippen molar-refractivity contribution in [3.05, 3.63) is 46.3 Å². The SMILES string of the molecule is CNc1cc(-c2ccc3nc(C)n(C)c(=O)c3c2)nc(COC)n1. The second kappa shape index (κ2) is 6.37. The van der Waals surface area contributed by atoms with Gasteiger partial charge < -0.3 is 10.1 Å². The highest BCUT2D eigenvalue weighted by atomic mass is 16.5. The summed E-state index contributed by atoms with van der Waals surface area (Å²) in [6.45, 7) is 2.13. The van der Waals surface area contributed by atoms with E-state index >= 15 is 0 Å². The van der Waals surface area contributed by atoms with E-state index in [0.717, 1.165) is 11.3 Å². The molecule has 2 heterocycles. The van der Waals surface area contributed by atoms with E-state index in [1.54, 1.807) is 25.8 Å². The quantitative estimate of drug-likeness (QED) is 0.789. The van der Waals surface area contributed by atoms with Gasteiger partial charge in [-0.1, -0.05) is 6.07 Å². The largest absolute Gasteiger partial charge is 0.377 e. The molecule has 1 aromatic carbocycles. The van der Waals surface area contributed by atoms with Crippen LogP contribution in [0.4, 0.5) is 5.82 Å². The van der Waals surface area contributed by atoms with Crippen molar-refractivity contribution in [3.8, 4) is 11.3 Å². The third-order valence-corrected chi connectivity index (χ3v) is 3.90. The minimum Gasteiger partial charge on any atom is -0.377 e. The van der Waals surface area contributed by atoms with Crippen LogP contribution < -0.4 is 10.9 Å². The number of aromatic nitrogens is 4. The number of nitrogens with zero attached hydrogens (tertiary/aromatic N) is 4. The molecule has 0 fully saturated rings. The highest BCUT2D eigenvalue weighted by molar-refractivity contribution is 5.83. The van der Waals surface area contributed by atoms with Crippen LogP contribution in [0.3, 0.4) is 0 Å². The van der Waals surface area contributed by atoms with Gasteiger partial charge in [-0.15, -0.1) is 0 Å². The van der Waals surface area contributed by atoms with Crippen LogP contribution in [0.25, 0.3) is 22.2 Å². The average Bonchev–Trinajstić information content (AvgIpc) is 2.59. The zero-order chi connectivity index (χ0) is 17.3. The van der Waals surface area contributed by atoms with Gasteiger partial charge in [-0.25, -0.2) is 15.0 Å². The van der Waals surface area contributed by atoms with Crippen molar-refractivity contribution < 1.29 is 4.74 Å². The molecule has 3 rings (SSSR count). The lowest BCUT2D eigenvalue weighted by Gasteiger charge is -2.09. The van der Waals surface area contributed by atoms with E-state index in [9.17, 15) is 4.79 Å². The second-order valence-corrected chi connectivity index (χ2v) is 5.49. The smallest absolute Gasteiger partial charge is 0.261 e. The summed E-state index contributed by atoms with van der Waals surface area (Å²) in [5.74, 6) is 1.96. The standard InChI is InChI=1S/C17H19N5O2/c1-10-19-13-6-5-11(7-12(13)17(23)22(10)3)14-8-15(18-2)21-16(20-14)9-24-4/h5-8H,9H2,1-4H3,(H,18,20,21). The lowest BCUT2D eigenvalue weighted by Crippen LogP contribution is -2.20. The van der Waals surface area contributed by atoms with Crippen LogP contribution in [0, 0.1) is 6.92 Å². The molecular weight excluding hydrogens is 306 g/mol. The van der Waals surface area contributed by atoms with Crippen LogP contribution >= 0.6 is 0 Å². The Morgan fingerprint density at radius 3 is 2.71 bits per heavy atom. The van der Waals surface area contributed by atoms with Crippen molar-refractivity contribution in [2.75, 3.05) is 19.5 Å². The van der Waals surface area contributed by atoms with E-state index in [1.165, 1.54) is 0 Å². The zero-order valence-corrected chi connectivity index (χ0v) is 14.1. The van der Waals surface area contributed by atoms with Gasteiger partial charge in [0.05, 0.1) is 16.6 Å². The molecule has 0 unspecified atom stereocenters. The summed E-state index contributed by atoms with van der Waals surface area (Å²) in [4.78, 5) is 25.8. The van der Waals surface area contributed by atoms with E-state index in [-0.39, 0.29) is 5.56 Å². The number of benzene rings is 1. The molecule has 24 heavy (non-hydrogen) atoms. The first-order chi connectivity index (χ1) is 11.5. The maximum absolute atomic E-state index is 12.5. The van der Waals surface area contributed by atoms with Gasteiger partial charge in [0.15, 0.2) is 5.82 Å². The molecule has 7 nitrogen and oxygen atoms in total. The number of aryl methyl sites for hydroxylation is 1. The fourth-order valence-electron chi connectivity index (χ4n) is 2.51. The lowest BCUT2D eigenvalue weighted by molar-refractivity contribution is 0.178. The monoisotopic (exact) mass is 325 g/mol. The molecule has 0 aliphatic rings. The van der Waals surface area contributed by atoms with Crippen LogP contribution in [0.15, 0.2) is 29.1 Å². The summed E-state index contributed by atoms with van der Waals surface area (Å²) < 4.78 is 6.66. The molecule has 0 radical (unpaired) electrons. The van der Waals surface area contributed by atoms with Gasteiger partial charge in [-0.3, -0.25) is 9.36 Å². The Morgan fingerprint density at radius 2 is 2.00 bits per heavy atom. The van der Waals surface area contributed by atoms with Crippen molar-refractivity contribution in [2.24, 2.45) is 7.05 Å². The molecule has 0 bridgehead atoms. The zero-order valence-electron chi connectivity index (χ0n) is 14.1. The Kier molecular flexibility index (Phi) is 4.26. The molecular formula is C17H19N5O2. The molecule has 2 aromatic heterocycles. The second-order valence-electron chi connectivity index (χ2n) is 5.49. The minimum atomic E-state index is -0.0700. The van der Waals surface area contributed by atoms with Crippen molar-refractivity contribution in [3.63, 3.8) is 0 Å². The normalized spacial score (nSPS) is 11.0. The molecule has 0 saturated heterocycles. The summed E-state index contributed by atoms with van der Waals surface area (Å²) in [7, 11) is 5.12. The predicted molar refractivity (Wildman–Crippen MR) is 93.0 cm³/mol. The maximum Gasteiger partial charge on any atom is 0.261 e. The number of ether oxygens (including phenoxy) is 1. The number of hydrogen-bond donors (Lipinski definition) is 1. The summed E-state index contributed by atoms with van der Waals surface area (Å²) in [6.07, 6.45) is 0. The molecule has 0 aliphatic heterocycles. The van der Waals surface area contributed by atoms with E-state index < -0.39 is 0 Å². The summed E-state index contributed by atoms with van der Waals surface area (Å²) in [6, 6.07) is 7.41. The topological polar surface area (TPSA) is 81.9 Å². The molecule has 7 heteroatoms. The third-order valence-electron chi connectivity index (χ3n) is 3.90. The molecule has 1 N–H and O–H groups in total. The molecule has 3 aromatic rings. The highest BCUT2D eigenvalue weighted by Crippen LogP contribution is 2.23. The van der Waals surface area contributed by atoms with Gasteiger partial charge >= 0.3 is 0 Å². The van der Waals surface area contributed by atoms with Crippen LogP contribution in [0.5, 0.6) is 0 Å².